The summed E-state index contributed by atoms with van der Waals surface area (Å²) in [4.78, 5) is 8.34. The van der Waals surface area contributed by atoms with Crippen LogP contribution in [0.25, 0.3) is 11.0 Å². The smallest absolute Gasteiger partial charge is 0.226 e. The molecule has 0 bridgehead atoms. The molecular formula is C14H12ClN5. The van der Waals surface area contributed by atoms with Gasteiger partial charge in [0.25, 0.3) is 0 Å². The molecule has 20 heavy (non-hydrogen) atoms. The van der Waals surface area contributed by atoms with Crippen LogP contribution in [0.5, 0.6) is 0 Å². The molecule has 6 heteroatoms. The van der Waals surface area contributed by atoms with Gasteiger partial charge in [-0.25, -0.2) is 0 Å². The molecule has 0 radical (unpaired) electrons. The van der Waals surface area contributed by atoms with E-state index in [1.54, 1.807) is 6.20 Å². The van der Waals surface area contributed by atoms with Crippen LogP contribution < -0.4 is 5.32 Å². The van der Waals surface area contributed by atoms with Gasteiger partial charge in [-0.1, -0.05) is 6.07 Å². The number of aromatic nitrogens is 4. The Labute approximate surface area is 120 Å². The van der Waals surface area contributed by atoms with Crippen LogP contribution in [0, 0.1) is 0 Å². The summed E-state index contributed by atoms with van der Waals surface area (Å²) in [5.41, 5.74) is 4.51. The molecule has 0 aliphatic heterocycles. The Kier molecular flexibility index (Phi) is 2.60. The second-order valence-electron chi connectivity index (χ2n) is 4.94. The second kappa shape index (κ2) is 4.45. The first-order valence-corrected chi connectivity index (χ1v) is 6.93. The normalized spacial score (nSPS) is 13.7. The van der Waals surface area contributed by atoms with E-state index in [0.29, 0.717) is 11.5 Å². The zero-order valence-electron chi connectivity index (χ0n) is 10.7. The highest BCUT2D eigenvalue weighted by Gasteiger charge is 2.12. The largest absolute Gasteiger partial charge is 0.339 e. The van der Waals surface area contributed by atoms with E-state index in [1.807, 2.05) is 0 Å². The average Bonchev–Trinajstić information content (AvgIpc) is 3.05. The van der Waals surface area contributed by atoms with E-state index >= 15 is 0 Å². The predicted octanol–water partition coefficient (Wildman–Crippen LogP) is 3.24. The van der Waals surface area contributed by atoms with Crippen molar-refractivity contribution in [2.45, 2.75) is 19.3 Å². The molecule has 0 fully saturated rings. The van der Waals surface area contributed by atoms with E-state index in [0.717, 1.165) is 17.5 Å². The fourth-order valence-corrected chi connectivity index (χ4v) is 2.86. The first-order valence-electron chi connectivity index (χ1n) is 6.55. The van der Waals surface area contributed by atoms with Crippen molar-refractivity contribution in [3.8, 4) is 0 Å². The number of nitrogens with zero attached hydrogens (tertiary/aromatic N) is 3. The van der Waals surface area contributed by atoms with Gasteiger partial charge in [0.2, 0.25) is 5.28 Å². The molecule has 2 aromatic heterocycles. The summed E-state index contributed by atoms with van der Waals surface area (Å²) in [5, 5.41) is 11.1. The maximum Gasteiger partial charge on any atom is 0.226 e. The highest BCUT2D eigenvalue weighted by molar-refractivity contribution is 6.28. The third-order valence-electron chi connectivity index (χ3n) is 3.64. The molecule has 1 aliphatic rings. The third kappa shape index (κ3) is 1.91. The van der Waals surface area contributed by atoms with Crippen molar-refractivity contribution in [1.29, 1.82) is 0 Å². The Hall–Kier alpha value is -2.14. The molecule has 3 aromatic rings. The first-order chi connectivity index (χ1) is 9.79. The highest BCUT2D eigenvalue weighted by atomic mass is 35.5. The number of fused-ring (bicyclic) bond motifs is 2. The van der Waals surface area contributed by atoms with Crippen LogP contribution in [-0.4, -0.2) is 20.2 Å². The monoisotopic (exact) mass is 285 g/mol. The minimum Gasteiger partial charge on any atom is -0.339 e. The molecule has 0 atom stereocenters. The number of benzene rings is 1. The zero-order chi connectivity index (χ0) is 13.5. The number of halogens is 1. The minimum absolute atomic E-state index is 0.199. The fraction of sp³-hybridized carbons (Fsp3) is 0.214. The van der Waals surface area contributed by atoms with Crippen LogP contribution in [0.1, 0.15) is 17.5 Å². The zero-order valence-corrected chi connectivity index (χ0v) is 11.4. The Morgan fingerprint density at radius 1 is 1.15 bits per heavy atom. The van der Waals surface area contributed by atoms with Crippen molar-refractivity contribution in [1.82, 2.24) is 20.2 Å². The Morgan fingerprint density at radius 2 is 2.05 bits per heavy atom. The number of nitrogens with one attached hydrogen (secondary N) is 2. The topological polar surface area (TPSA) is 66.5 Å². The summed E-state index contributed by atoms with van der Waals surface area (Å²) in [7, 11) is 0. The van der Waals surface area contributed by atoms with Crippen molar-refractivity contribution < 1.29 is 0 Å². The van der Waals surface area contributed by atoms with Gasteiger partial charge in [0.1, 0.15) is 5.82 Å². The molecule has 2 N–H and O–H groups in total. The van der Waals surface area contributed by atoms with Crippen molar-refractivity contribution >= 4 is 34.1 Å². The second-order valence-corrected chi connectivity index (χ2v) is 5.27. The van der Waals surface area contributed by atoms with E-state index in [9.17, 15) is 0 Å². The molecule has 4 rings (SSSR count). The van der Waals surface area contributed by atoms with Gasteiger partial charge in [-0.05, 0) is 54.1 Å². The van der Waals surface area contributed by atoms with E-state index in [1.165, 1.54) is 24.0 Å². The van der Waals surface area contributed by atoms with Crippen LogP contribution in [-0.2, 0) is 12.8 Å². The molecule has 0 saturated heterocycles. The number of hydrogen-bond donors (Lipinski definition) is 2. The number of aryl methyl sites for hydroxylation is 2. The number of anilines is 2. The molecule has 0 saturated carbocycles. The van der Waals surface area contributed by atoms with Crippen LogP contribution in [0.4, 0.5) is 11.5 Å². The first kappa shape index (κ1) is 11.7. The summed E-state index contributed by atoms with van der Waals surface area (Å²) in [6.07, 6.45) is 5.27. The molecule has 2 heterocycles. The summed E-state index contributed by atoms with van der Waals surface area (Å²) in [5.74, 6) is 0.673. The van der Waals surface area contributed by atoms with Crippen LogP contribution in [0.2, 0.25) is 5.28 Å². The van der Waals surface area contributed by atoms with Gasteiger partial charge < -0.3 is 5.32 Å². The van der Waals surface area contributed by atoms with Gasteiger partial charge >= 0.3 is 0 Å². The number of aromatic amines is 1. The SMILES string of the molecule is Clc1nc(Nc2ccc3c(c2)CCC3)c2cn[nH]c2n1. The molecule has 5 nitrogen and oxygen atoms in total. The number of hydrogen-bond acceptors (Lipinski definition) is 4. The molecular weight excluding hydrogens is 274 g/mol. The predicted molar refractivity (Wildman–Crippen MR) is 78.4 cm³/mol. The quantitative estimate of drug-likeness (QED) is 0.709. The molecule has 100 valence electrons. The van der Waals surface area contributed by atoms with Gasteiger partial charge in [-0.2, -0.15) is 15.1 Å². The van der Waals surface area contributed by atoms with Gasteiger partial charge in [-0.15, -0.1) is 0 Å². The van der Waals surface area contributed by atoms with Crippen molar-refractivity contribution in [3.63, 3.8) is 0 Å². The summed E-state index contributed by atoms with van der Waals surface area (Å²) >= 11 is 5.93. The lowest BCUT2D eigenvalue weighted by molar-refractivity contribution is 0.912. The molecule has 0 unspecified atom stereocenters. The lowest BCUT2D eigenvalue weighted by Crippen LogP contribution is -1.97. The highest BCUT2D eigenvalue weighted by Crippen LogP contribution is 2.28. The summed E-state index contributed by atoms with van der Waals surface area (Å²) < 4.78 is 0. The van der Waals surface area contributed by atoms with Crippen LogP contribution in [0.3, 0.4) is 0 Å². The summed E-state index contributed by atoms with van der Waals surface area (Å²) in [6.45, 7) is 0. The van der Waals surface area contributed by atoms with Gasteiger partial charge in [0.05, 0.1) is 11.6 Å². The van der Waals surface area contributed by atoms with E-state index in [-0.39, 0.29) is 5.28 Å². The van der Waals surface area contributed by atoms with Crippen molar-refractivity contribution in [2.75, 3.05) is 5.32 Å². The molecule has 0 amide bonds. The van der Waals surface area contributed by atoms with Crippen LogP contribution in [0.15, 0.2) is 24.4 Å². The van der Waals surface area contributed by atoms with E-state index < -0.39 is 0 Å². The molecule has 0 spiro atoms. The maximum atomic E-state index is 5.93. The lowest BCUT2D eigenvalue weighted by atomic mass is 10.1. The number of H-pyrrole nitrogens is 1. The lowest BCUT2D eigenvalue weighted by Gasteiger charge is -2.08. The van der Waals surface area contributed by atoms with Crippen LogP contribution >= 0.6 is 11.6 Å². The molecule has 1 aliphatic carbocycles. The van der Waals surface area contributed by atoms with Crippen molar-refractivity contribution in [2.24, 2.45) is 0 Å². The third-order valence-corrected chi connectivity index (χ3v) is 3.81. The average molecular weight is 286 g/mol. The molecule has 1 aromatic carbocycles. The van der Waals surface area contributed by atoms with Gasteiger partial charge in [0, 0.05) is 5.69 Å². The fourth-order valence-electron chi connectivity index (χ4n) is 2.69. The maximum absolute atomic E-state index is 5.93. The van der Waals surface area contributed by atoms with Gasteiger partial charge in [-0.3, -0.25) is 5.10 Å². The van der Waals surface area contributed by atoms with E-state index in [4.69, 9.17) is 11.6 Å². The Bertz CT molecular complexity index is 795. The van der Waals surface area contributed by atoms with Gasteiger partial charge in [0.15, 0.2) is 5.65 Å². The Balaban J connectivity index is 1.75. The number of rotatable bonds is 2. The van der Waals surface area contributed by atoms with Crippen molar-refractivity contribution in [3.05, 3.63) is 40.8 Å². The standard InChI is InChI=1S/C14H12ClN5/c15-14-18-12(11-7-16-20-13(11)19-14)17-10-5-4-8-2-1-3-9(8)6-10/h4-7H,1-3H2,(H2,16,17,18,19,20). The summed E-state index contributed by atoms with van der Waals surface area (Å²) in [6, 6.07) is 6.44. The van der Waals surface area contributed by atoms with E-state index in [2.05, 4.69) is 43.7 Å². The minimum atomic E-state index is 0.199. The Morgan fingerprint density at radius 3 is 3.00 bits per heavy atom.